The minimum Gasteiger partial charge on any atom is -0.496 e. The van der Waals surface area contributed by atoms with E-state index in [9.17, 15) is 9.59 Å². The number of allylic oxidation sites excluding steroid dienone is 2. The molecule has 0 fully saturated rings. The van der Waals surface area contributed by atoms with E-state index < -0.39 is 11.8 Å². The van der Waals surface area contributed by atoms with Crippen LogP contribution in [0, 0.1) is 11.3 Å². The minimum absolute atomic E-state index is 0.0793. The van der Waals surface area contributed by atoms with E-state index in [1.807, 2.05) is 38.1 Å². The number of benzene rings is 1. The molecule has 0 aliphatic carbocycles. The number of methoxy groups -OCH3 is 1. The summed E-state index contributed by atoms with van der Waals surface area (Å²) in [6.07, 6.45) is 7.91. The average Bonchev–Trinajstić information content (AvgIpc) is 2.63. The molecule has 0 unspecified atom stereocenters. The molecule has 5 nitrogen and oxygen atoms in total. The molecule has 5 heteroatoms. The molecule has 0 saturated carbocycles. The minimum atomic E-state index is -0.699. The first-order valence-corrected chi connectivity index (χ1v) is 8.26. The van der Waals surface area contributed by atoms with E-state index >= 15 is 0 Å². The fourth-order valence-corrected chi connectivity index (χ4v) is 2.24. The number of nitrogens with zero attached hydrogens (tertiary/aromatic N) is 1. The third kappa shape index (κ3) is 6.06. The summed E-state index contributed by atoms with van der Waals surface area (Å²) < 4.78 is 10.5. The largest absolute Gasteiger partial charge is 0.496 e. The van der Waals surface area contributed by atoms with E-state index in [1.54, 1.807) is 18.2 Å². The molecule has 0 aliphatic heterocycles. The molecule has 0 N–H and O–H groups in total. The molecule has 1 aromatic carbocycles. The van der Waals surface area contributed by atoms with Gasteiger partial charge < -0.3 is 9.47 Å². The Bertz CT molecular complexity index is 795. The van der Waals surface area contributed by atoms with Crippen molar-refractivity contribution in [2.75, 3.05) is 13.7 Å². The normalized spacial score (nSPS) is 12.0. The molecule has 1 aromatic rings. The third-order valence-electron chi connectivity index (χ3n) is 3.48. The number of carbonyl (C=O) groups excluding carboxylic acids is 2. The van der Waals surface area contributed by atoms with Gasteiger partial charge in [-0.05, 0) is 50.1 Å². The van der Waals surface area contributed by atoms with Gasteiger partial charge in [-0.15, -0.1) is 0 Å². The number of nitriles is 1. The zero-order valence-corrected chi connectivity index (χ0v) is 15.5. The van der Waals surface area contributed by atoms with Gasteiger partial charge in [0.2, 0.25) is 0 Å². The number of hydrogen-bond donors (Lipinski definition) is 0. The monoisotopic (exact) mass is 353 g/mol. The summed E-state index contributed by atoms with van der Waals surface area (Å²) in [5.74, 6) is -0.708. The molecule has 0 aliphatic rings. The maximum atomic E-state index is 12.4. The Morgan fingerprint density at radius 3 is 2.58 bits per heavy atom. The van der Waals surface area contributed by atoms with Gasteiger partial charge in [-0.1, -0.05) is 25.2 Å². The highest BCUT2D eigenvalue weighted by Crippen LogP contribution is 2.23. The molecular formula is C21H23NO4. The van der Waals surface area contributed by atoms with Crippen molar-refractivity contribution in [2.45, 2.75) is 27.2 Å². The number of Topliss-reactive ketones (excluding diaryl/α,β-unsaturated/α-hetero) is 1. The predicted molar refractivity (Wildman–Crippen MR) is 101 cm³/mol. The van der Waals surface area contributed by atoms with Crippen molar-refractivity contribution >= 4 is 17.8 Å². The highest BCUT2D eigenvalue weighted by atomic mass is 16.5. The van der Waals surface area contributed by atoms with E-state index in [1.165, 1.54) is 20.1 Å². The van der Waals surface area contributed by atoms with Crippen molar-refractivity contribution in [3.05, 3.63) is 58.7 Å². The highest BCUT2D eigenvalue weighted by molar-refractivity contribution is 6.20. The van der Waals surface area contributed by atoms with Crippen LogP contribution in [0.3, 0.4) is 0 Å². The first-order chi connectivity index (χ1) is 12.5. The summed E-state index contributed by atoms with van der Waals surface area (Å²) in [5, 5.41) is 8.96. The Kier molecular flexibility index (Phi) is 8.59. The van der Waals surface area contributed by atoms with E-state index in [0.717, 1.165) is 12.0 Å². The maximum absolute atomic E-state index is 12.4. The van der Waals surface area contributed by atoms with Crippen molar-refractivity contribution < 1.29 is 19.1 Å². The molecular weight excluding hydrogens is 330 g/mol. The van der Waals surface area contributed by atoms with Gasteiger partial charge in [-0.2, -0.15) is 5.26 Å². The number of esters is 1. The van der Waals surface area contributed by atoms with Crippen LogP contribution in [0.15, 0.2) is 47.6 Å². The fourth-order valence-electron chi connectivity index (χ4n) is 2.24. The van der Waals surface area contributed by atoms with Crippen LogP contribution in [0.4, 0.5) is 0 Å². The van der Waals surface area contributed by atoms with Gasteiger partial charge in [0.1, 0.15) is 17.9 Å². The van der Waals surface area contributed by atoms with Crippen LogP contribution in [0.5, 0.6) is 5.75 Å². The van der Waals surface area contributed by atoms with Gasteiger partial charge in [-0.3, -0.25) is 4.79 Å². The molecule has 0 spiro atoms. The molecule has 0 heterocycles. The smallest absolute Gasteiger partial charge is 0.342 e. The first kappa shape index (κ1) is 20.9. The molecule has 0 atom stereocenters. The van der Waals surface area contributed by atoms with Gasteiger partial charge in [0.05, 0.1) is 18.7 Å². The Morgan fingerprint density at radius 2 is 2.04 bits per heavy atom. The maximum Gasteiger partial charge on any atom is 0.342 e. The van der Waals surface area contributed by atoms with Crippen molar-refractivity contribution in [1.82, 2.24) is 0 Å². The number of ether oxygens (including phenoxy) is 2. The molecule has 0 bridgehead atoms. The van der Waals surface area contributed by atoms with Crippen molar-refractivity contribution in [2.24, 2.45) is 0 Å². The molecule has 136 valence electrons. The Balaban J connectivity index is 3.10. The molecule has 0 radical (unpaired) electrons. The van der Waals surface area contributed by atoms with Gasteiger partial charge in [0.15, 0.2) is 5.78 Å². The lowest BCUT2D eigenvalue weighted by atomic mass is 10.1. The molecule has 0 saturated heterocycles. The summed E-state index contributed by atoms with van der Waals surface area (Å²) in [7, 11) is 1.46. The zero-order valence-electron chi connectivity index (χ0n) is 15.5. The third-order valence-corrected chi connectivity index (χ3v) is 3.48. The van der Waals surface area contributed by atoms with Crippen molar-refractivity contribution in [3.63, 3.8) is 0 Å². The SMILES string of the molecule is C/C=C\C(=C/CC)COC(=O)/C(=C/c1ccc(C#N)cc1OC)C(C)=O. The van der Waals surface area contributed by atoms with Crippen LogP contribution >= 0.6 is 0 Å². The van der Waals surface area contributed by atoms with Crippen LogP contribution in [0.2, 0.25) is 0 Å². The lowest BCUT2D eigenvalue weighted by Crippen LogP contribution is -2.15. The fraction of sp³-hybridized carbons (Fsp3) is 0.286. The molecule has 1 rings (SSSR count). The second-order valence-corrected chi connectivity index (χ2v) is 5.45. The van der Waals surface area contributed by atoms with Crippen LogP contribution in [0.25, 0.3) is 6.08 Å². The van der Waals surface area contributed by atoms with E-state index in [2.05, 4.69) is 0 Å². The van der Waals surface area contributed by atoms with Gasteiger partial charge in [0, 0.05) is 5.56 Å². The van der Waals surface area contributed by atoms with Gasteiger partial charge in [-0.25, -0.2) is 4.79 Å². The molecule has 26 heavy (non-hydrogen) atoms. The standard InChI is InChI=1S/C21H23NO4/c1-5-7-16(8-6-2)14-26-21(24)19(15(3)23)12-18-10-9-17(13-22)11-20(18)25-4/h5,7-12H,6,14H2,1-4H3/b7-5-,16-8+,19-12+. The summed E-state index contributed by atoms with van der Waals surface area (Å²) in [6.45, 7) is 5.26. The zero-order chi connectivity index (χ0) is 19.5. The predicted octanol–water partition coefficient (Wildman–Crippen LogP) is 3.99. The number of ketones is 1. The van der Waals surface area contributed by atoms with Crippen LogP contribution in [0.1, 0.15) is 38.3 Å². The number of hydrogen-bond acceptors (Lipinski definition) is 5. The highest BCUT2D eigenvalue weighted by Gasteiger charge is 2.17. The summed E-state index contributed by atoms with van der Waals surface area (Å²) >= 11 is 0. The first-order valence-electron chi connectivity index (χ1n) is 8.26. The summed E-state index contributed by atoms with van der Waals surface area (Å²) in [6, 6.07) is 6.77. The van der Waals surface area contributed by atoms with Gasteiger partial charge >= 0.3 is 5.97 Å². The van der Waals surface area contributed by atoms with E-state index in [0.29, 0.717) is 16.9 Å². The number of rotatable bonds is 8. The Hall–Kier alpha value is -3.13. The van der Waals surface area contributed by atoms with Crippen LogP contribution < -0.4 is 4.74 Å². The Labute approximate surface area is 154 Å². The molecule has 0 amide bonds. The lowest BCUT2D eigenvalue weighted by Gasteiger charge is -2.09. The van der Waals surface area contributed by atoms with Gasteiger partial charge in [0.25, 0.3) is 0 Å². The lowest BCUT2D eigenvalue weighted by molar-refractivity contribution is -0.139. The second kappa shape index (κ2) is 10.7. The Morgan fingerprint density at radius 1 is 1.31 bits per heavy atom. The van der Waals surface area contributed by atoms with Crippen LogP contribution in [-0.4, -0.2) is 25.5 Å². The van der Waals surface area contributed by atoms with Crippen molar-refractivity contribution in [1.29, 1.82) is 5.26 Å². The quantitative estimate of drug-likeness (QED) is 0.232. The second-order valence-electron chi connectivity index (χ2n) is 5.45. The molecule has 0 aromatic heterocycles. The summed E-state index contributed by atoms with van der Waals surface area (Å²) in [5.41, 5.74) is 1.73. The summed E-state index contributed by atoms with van der Waals surface area (Å²) in [4.78, 5) is 24.3. The van der Waals surface area contributed by atoms with E-state index in [-0.39, 0.29) is 12.2 Å². The van der Waals surface area contributed by atoms with Crippen LogP contribution in [-0.2, 0) is 14.3 Å². The topological polar surface area (TPSA) is 76.4 Å². The van der Waals surface area contributed by atoms with Crippen molar-refractivity contribution in [3.8, 4) is 11.8 Å². The number of carbonyl (C=O) groups is 2. The average molecular weight is 353 g/mol. The van der Waals surface area contributed by atoms with E-state index in [4.69, 9.17) is 14.7 Å².